The fourth-order valence-corrected chi connectivity index (χ4v) is 3.56. The van der Waals surface area contributed by atoms with Gasteiger partial charge in [-0.25, -0.2) is 0 Å². The number of likely N-dealkylation sites (tertiary alicyclic amines) is 1. The number of halogens is 1. The molecule has 2 aliphatic heterocycles. The SMILES string of the molecule is CNCC1CCN(Cc2cc(Cl)c3c(c2)OCCCO3)CC1. The second-order valence-corrected chi connectivity index (χ2v) is 6.64. The third-order valence-corrected chi connectivity index (χ3v) is 4.75. The third-order valence-electron chi connectivity index (χ3n) is 4.47. The summed E-state index contributed by atoms with van der Waals surface area (Å²) in [6.45, 7) is 5.73. The summed E-state index contributed by atoms with van der Waals surface area (Å²) in [6, 6.07) is 4.11. The first-order valence-corrected chi connectivity index (χ1v) is 8.59. The van der Waals surface area contributed by atoms with Crippen molar-refractivity contribution in [3.63, 3.8) is 0 Å². The molecule has 0 aliphatic carbocycles. The molecule has 0 aromatic heterocycles. The van der Waals surface area contributed by atoms with E-state index in [0.29, 0.717) is 24.0 Å². The Morgan fingerprint density at radius 1 is 1.23 bits per heavy atom. The van der Waals surface area contributed by atoms with Gasteiger partial charge in [-0.15, -0.1) is 0 Å². The maximum absolute atomic E-state index is 6.37. The summed E-state index contributed by atoms with van der Waals surface area (Å²) in [5, 5.41) is 3.95. The largest absolute Gasteiger partial charge is 0.489 e. The summed E-state index contributed by atoms with van der Waals surface area (Å²) in [6.07, 6.45) is 3.43. The van der Waals surface area contributed by atoms with Crippen LogP contribution in [0.4, 0.5) is 0 Å². The van der Waals surface area contributed by atoms with Crippen molar-refractivity contribution < 1.29 is 9.47 Å². The first-order chi connectivity index (χ1) is 10.8. The molecule has 1 aromatic carbocycles. The van der Waals surface area contributed by atoms with E-state index >= 15 is 0 Å². The monoisotopic (exact) mass is 324 g/mol. The molecular formula is C17H25ClN2O2. The topological polar surface area (TPSA) is 33.7 Å². The van der Waals surface area contributed by atoms with Gasteiger partial charge in [0, 0.05) is 13.0 Å². The molecule has 1 fully saturated rings. The Kier molecular flexibility index (Phi) is 5.45. The Hall–Kier alpha value is -0.970. The fraction of sp³-hybridized carbons (Fsp3) is 0.647. The van der Waals surface area contributed by atoms with Crippen LogP contribution in [0.2, 0.25) is 5.02 Å². The van der Waals surface area contributed by atoms with E-state index in [9.17, 15) is 0 Å². The number of ether oxygens (including phenoxy) is 2. The molecule has 22 heavy (non-hydrogen) atoms. The van der Waals surface area contributed by atoms with Crippen LogP contribution in [0.1, 0.15) is 24.8 Å². The van der Waals surface area contributed by atoms with Crippen molar-refractivity contribution in [2.24, 2.45) is 5.92 Å². The van der Waals surface area contributed by atoms with Gasteiger partial charge in [0.25, 0.3) is 0 Å². The van der Waals surface area contributed by atoms with E-state index in [1.165, 1.54) is 18.4 Å². The van der Waals surface area contributed by atoms with Gasteiger partial charge in [0.05, 0.1) is 18.2 Å². The molecule has 0 radical (unpaired) electrons. The number of hydrogen-bond acceptors (Lipinski definition) is 4. The molecule has 0 bridgehead atoms. The minimum Gasteiger partial charge on any atom is -0.489 e. The Morgan fingerprint density at radius 3 is 2.77 bits per heavy atom. The summed E-state index contributed by atoms with van der Waals surface area (Å²) in [5.74, 6) is 2.31. The predicted molar refractivity (Wildman–Crippen MR) is 89.0 cm³/mol. The van der Waals surface area contributed by atoms with Crippen LogP contribution in [0, 0.1) is 5.92 Å². The Labute approximate surface area is 137 Å². The lowest BCUT2D eigenvalue weighted by atomic mass is 9.96. The number of piperidine rings is 1. The lowest BCUT2D eigenvalue weighted by molar-refractivity contribution is 0.176. The molecule has 3 rings (SSSR count). The fourth-order valence-electron chi connectivity index (χ4n) is 3.27. The highest BCUT2D eigenvalue weighted by atomic mass is 35.5. The number of nitrogens with zero attached hydrogens (tertiary/aromatic N) is 1. The molecule has 0 atom stereocenters. The van der Waals surface area contributed by atoms with Gasteiger partial charge in [-0.3, -0.25) is 4.90 Å². The van der Waals surface area contributed by atoms with Crippen LogP contribution in [0.5, 0.6) is 11.5 Å². The van der Waals surface area contributed by atoms with E-state index in [4.69, 9.17) is 21.1 Å². The molecular weight excluding hydrogens is 300 g/mol. The Balaban J connectivity index is 1.64. The van der Waals surface area contributed by atoms with Gasteiger partial charge in [0.2, 0.25) is 0 Å². The molecule has 2 aliphatic rings. The summed E-state index contributed by atoms with van der Waals surface area (Å²) in [4.78, 5) is 2.50. The average Bonchev–Trinajstić information content (AvgIpc) is 2.75. The van der Waals surface area contributed by atoms with Crippen LogP contribution in [-0.2, 0) is 6.54 Å². The minimum absolute atomic E-state index is 0.666. The minimum atomic E-state index is 0.666. The first-order valence-electron chi connectivity index (χ1n) is 8.21. The quantitative estimate of drug-likeness (QED) is 0.923. The lowest BCUT2D eigenvalue weighted by Crippen LogP contribution is -2.36. The molecule has 0 spiro atoms. The maximum Gasteiger partial charge on any atom is 0.179 e. The van der Waals surface area contributed by atoms with Crippen molar-refractivity contribution in [1.82, 2.24) is 10.2 Å². The van der Waals surface area contributed by atoms with E-state index in [1.807, 2.05) is 13.1 Å². The van der Waals surface area contributed by atoms with Crippen LogP contribution < -0.4 is 14.8 Å². The van der Waals surface area contributed by atoms with Crippen molar-refractivity contribution in [3.05, 3.63) is 22.7 Å². The number of rotatable bonds is 4. The van der Waals surface area contributed by atoms with Gasteiger partial charge in [-0.1, -0.05) is 11.6 Å². The molecule has 4 nitrogen and oxygen atoms in total. The molecule has 5 heteroatoms. The number of nitrogens with one attached hydrogen (secondary N) is 1. The van der Waals surface area contributed by atoms with Crippen LogP contribution in [0.15, 0.2) is 12.1 Å². The second kappa shape index (κ2) is 7.53. The van der Waals surface area contributed by atoms with Gasteiger partial charge in [-0.2, -0.15) is 0 Å². The summed E-state index contributed by atoms with van der Waals surface area (Å²) >= 11 is 6.37. The van der Waals surface area contributed by atoms with E-state index in [0.717, 1.165) is 44.3 Å². The van der Waals surface area contributed by atoms with Crippen LogP contribution in [-0.4, -0.2) is 44.8 Å². The highest BCUT2D eigenvalue weighted by molar-refractivity contribution is 6.32. The second-order valence-electron chi connectivity index (χ2n) is 6.23. The molecule has 1 saturated heterocycles. The van der Waals surface area contributed by atoms with Gasteiger partial charge >= 0.3 is 0 Å². The highest BCUT2D eigenvalue weighted by Gasteiger charge is 2.20. The Morgan fingerprint density at radius 2 is 2.00 bits per heavy atom. The molecule has 2 heterocycles. The zero-order valence-electron chi connectivity index (χ0n) is 13.2. The van der Waals surface area contributed by atoms with Crippen molar-refractivity contribution in [3.8, 4) is 11.5 Å². The maximum atomic E-state index is 6.37. The normalized spacial score (nSPS) is 19.9. The van der Waals surface area contributed by atoms with E-state index in [-0.39, 0.29) is 0 Å². The van der Waals surface area contributed by atoms with Gasteiger partial charge in [0.1, 0.15) is 0 Å². The molecule has 0 saturated carbocycles. The predicted octanol–water partition coefficient (Wildman–Crippen LogP) is 2.93. The van der Waals surface area contributed by atoms with Crippen LogP contribution in [0.25, 0.3) is 0 Å². The van der Waals surface area contributed by atoms with E-state index in [2.05, 4.69) is 16.3 Å². The lowest BCUT2D eigenvalue weighted by Gasteiger charge is -2.32. The number of hydrogen-bond donors (Lipinski definition) is 1. The van der Waals surface area contributed by atoms with Crippen molar-refractivity contribution in [2.45, 2.75) is 25.8 Å². The van der Waals surface area contributed by atoms with Gasteiger partial charge < -0.3 is 14.8 Å². The summed E-state index contributed by atoms with van der Waals surface area (Å²) in [7, 11) is 2.03. The molecule has 1 aromatic rings. The average molecular weight is 325 g/mol. The molecule has 1 N–H and O–H groups in total. The first kappa shape index (κ1) is 15.9. The van der Waals surface area contributed by atoms with Crippen molar-refractivity contribution in [2.75, 3.05) is 39.9 Å². The molecule has 0 unspecified atom stereocenters. The van der Waals surface area contributed by atoms with Gasteiger partial charge in [0.15, 0.2) is 11.5 Å². The smallest absolute Gasteiger partial charge is 0.179 e. The Bertz CT molecular complexity index is 502. The molecule has 0 amide bonds. The standard InChI is InChI=1S/C17H25ClN2O2/c1-19-11-13-3-5-20(6-4-13)12-14-9-15(18)17-16(10-14)21-7-2-8-22-17/h9-10,13,19H,2-8,11-12H2,1H3. The van der Waals surface area contributed by atoms with Crippen molar-refractivity contribution >= 4 is 11.6 Å². The zero-order chi connectivity index (χ0) is 15.4. The highest BCUT2D eigenvalue weighted by Crippen LogP contribution is 2.38. The van der Waals surface area contributed by atoms with Crippen LogP contribution in [0.3, 0.4) is 0 Å². The number of fused-ring (bicyclic) bond motifs is 1. The molecule has 122 valence electrons. The zero-order valence-corrected chi connectivity index (χ0v) is 14.0. The number of benzene rings is 1. The van der Waals surface area contributed by atoms with E-state index < -0.39 is 0 Å². The third kappa shape index (κ3) is 3.86. The van der Waals surface area contributed by atoms with Crippen LogP contribution >= 0.6 is 11.6 Å². The van der Waals surface area contributed by atoms with E-state index in [1.54, 1.807) is 0 Å². The van der Waals surface area contributed by atoms with Gasteiger partial charge in [-0.05, 0) is 63.1 Å². The summed E-state index contributed by atoms with van der Waals surface area (Å²) in [5.41, 5.74) is 1.21. The summed E-state index contributed by atoms with van der Waals surface area (Å²) < 4.78 is 11.5. The van der Waals surface area contributed by atoms with Crippen molar-refractivity contribution in [1.29, 1.82) is 0 Å².